The van der Waals surface area contributed by atoms with Crippen LogP contribution in [0.15, 0.2) is 52.3 Å². The first-order valence-electron chi connectivity index (χ1n) is 6.37. The van der Waals surface area contributed by atoms with Gasteiger partial charge in [-0.1, -0.05) is 37.3 Å². The van der Waals surface area contributed by atoms with Crippen LogP contribution in [-0.2, 0) is 16.3 Å². The van der Waals surface area contributed by atoms with E-state index >= 15 is 0 Å². The van der Waals surface area contributed by atoms with E-state index in [2.05, 4.69) is 0 Å². The van der Waals surface area contributed by atoms with Gasteiger partial charge in [0.05, 0.1) is 9.79 Å². The molecule has 0 aliphatic carbocycles. The molecular weight excluding hydrogens is 256 g/mol. The van der Waals surface area contributed by atoms with Gasteiger partial charge in [0.25, 0.3) is 0 Å². The Morgan fingerprint density at radius 2 is 1.63 bits per heavy atom. The Labute approximate surface area is 115 Å². The van der Waals surface area contributed by atoms with E-state index < -0.39 is 9.84 Å². The molecule has 0 aromatic heterocycles. The second-order valence-electron chi connectivity index (χ2n) is 4.73. The monoisotopic (exact) mass is 274 g/mol. The molecular formula is C16H18O2S. The average molecular weight is 274 g/mol. The Bertz CT molecular complexity index is 700. The Kier molecular flexibility index (Phi) is 3.76. The fourth-order valence-corrected chi connectivity index (χ4v) is 4.06. The van der Waals surface area contributed by atoms with Gasteiger partial charge in [-0.2, -0.15) is 0 Å². The van der Waals surface area contributed by atoms with Gasteiger partial charge in [-0.05, 0) is 49.1 Å². The van der Waals surface area contributed by atoms with Crippen LogP contribution in [0.3, 0.4) is 0 Å². The van der Waals surface area contributed by atoms with E-state index in [-0.39, 0.29) is 0 Å². The molecule has 0 spiro atoms. The van der Waals surface area contributed by atoms with Crippen molar-refractivity contribution >= 4 is 9.84 Å². The maximum absolute atomic E-state index is 12.8. The molecule has 0 fully saturated rings. The van der Waals surface area contributed by atoms with E-state index in [1.54, 1.807) is 18.2 Å². The summed E-state index contributed by atoms with van der Waals surface area (Å²) in [7, 11) is -3.43. The second-order valence-corrected chi connectivity index (χ2v) is 6.62. The summed E-state index contributed by atoms with van der Waals surface area (Å²) in [6.07, 6.45) is 0.709. The predicted octanol–water partition coefficient (Wildman–Crippen LogP) is 3.70. The van der Waals surface area contributed by atoms with E-state index in [0.717, 1.165) is 16.7 Å². The molecule has 0 N–H and O–H groups in total. The van der Waals surface area contributed by atoms with E-state index in [4.69, 9.17) is 0 Å². The van der Waals surface area contributed by atoms with Crippen molar-refractivity contribution in [2.75, 3.05) is 0 Å². The van der Waals surface area contributed by atoms with Crippen LogP contribution in [0, 0.1) is 13.8 Å². The summed E-state index contributed by atoms with van der Waals surface area (Å²) in [5.41, 5.74) is 2.61. The lowest BCUT2D eigenvalue weighted by molar-refractivity contribution is 0.594. The third-order valence-electron chi connectivity index (χ3n) is 3.28. The fourth-order valence-electron chi connectivity index (χ4n) is 2.17. The summed E-state index contributed by atoms with van der Waals surface area (Å²) in [4.78, 5) is 0.833. The van der Waals surface area contributed by atoms with Crippen LogP contribution < -0.4 is 0 Å². The third-order valence-corrected chi connectivity index (χ3v) is 5.27. The molecule has 100 valence electrons. The van der Waals surface area contributed by atoms with Crippen molar-refractivity contribution in [1.82, 2.24) is 0 Å². The van der Waals surface area contributed by atoms with Crippen molar-refractivity contribution in [3.63, 3.8) is 0 Å². The SMILES string of the molecule is CCc1ccccc1S(=O)(=O)c1cc(C)ccc1C. The Morgan fingerprint density at radius 1 is 0.947 bits per heavy atom. The van der Waals surface area contributed by atoms with E-state index in [1.807, 2.05) is 45.0 Å². The molecule has 0 saturated carbocycles. The molecule has 2 nitrogen and oxygen atoms in total. The third kappa shape index (κ3) is 2.56. The van der Waals surface area contributed by atoms with Crippen molar-refractivity contribution in [2.24, 2.45) is 0 Å². The Balaban J connectivity index is 2.69. The minimum Gasteiger partial charge on any atom is -0.218 e. The first kappa shape index (κ1) is 13.8. The summed E-state index contributed by atoms with van der Waals surface area (Å²) in [6, 6.07) is 12.8. The maximum Gasteiger partial charge on any atom is 0.207 e. The molecule has 0 aliphatic rings. The lowest BCUT2D eigenvalue weighted by Gasteiger charge is -2.12. The topological polar surface area (TPSA) is 34.1 Å². The lowest BCUT2D eigenvalue weighted by Crippen LogP contribution is -2.07. The number of benzene rings is 2. The summed E-state index contributed by atoms with van der Waals surface area (Å²) >= 11 is 0. The quantitative estimate of drug-likeness (QED) is 0.855. The van der Waals surface area contributed by atoms with Crippen LogP contribution in [-0.4, -0.2) is 8.42 Å². The average Bonchev–Trinajstić information content (AvgIpc) is 2.41. The fraction of sp³-hybridized carbons (Fsp3) is 0.250. The molecule has 3 heteroatoms. The number of aryl methyl sites for hydroxylation is 3. The highest BCUT2D eigenvalue weighted by atomic mass is 32.2. The highest BCUT2D eigenvalue weighted by molar-refractivity contribution is 7.91. The molecule has 0 heterocycles. The smallest absolute Gasteiger partial charge is 0.207 e. The normalized spacial score (nSPS) is 11.5. The van der Waals surface area contributed by atoms with Crippen molar-refractivity contribution in [1.29, 1.82) is 0 Å². The van der Waals surface area contributed by atoms with Crippen LogP contribution in [0.4, 0.5) is 0 Å². The van der Waals surface area contributed by atoms with E-state index in [1.165, 1.54) is 0 Å². The minimum atomic E-state index is -3.43. The first-order chi connectivity index (χ1) is 8.96. The minimum absolute atomic E-state index is 0.411. The number of hydrogen-bond acceptors (Lipinski definition) is 2. The van der Waals surface area contributed by atoms with E-state index in [0.29, 0.717) is 16.2 Å². The zero-order chi connectivity index (χ0) is 14.0. The van der Waals surface area contributed by atoms with Gasteiger partial charge < -0.3 is 0 Å². The first-order valence-corrected chi connectivity index (χ1v) is 7.85. The van der Waals surface area contributed by atoms with Gasteiger partial charge in [0.15, 0.2) is 0 Å². The van der Waals surface area contributed by atoms with Gasteiger partial charge in [0.2, 0.25) is 9.84 Å². The van der Waals surface area contributed by atoms with Crippen LogP contribution in [0.5, 0.6) is 0 Å². The molecule has 2 rings (SSSR count). The van der Waals surface area contributed by atoms with Crippen molar-refractivity contribution < 1.29 is 8.42 Å². The zero-order valence-corrected chi connectivity index (χ0v) is 12.3. The predicted molar refractivity (Wildman–Crippen MR) is 77.2 cm³/mol. The highest BCUT2D eigenvalue weighted by Crippen LogP contribution is 2.27. The highest BCUT2D eigenvalue weighted by Gasteiger charge is 2.22. The summed E-state index contributed by atoms with van der Waals surface area (Å²) in [5, 5.41) is 0. The van der Waals surface area contributed by atoms with Crippen LogP contribution >= 0.6 is 0 Å². The van der Waals surface area contributed by atoms with Crippen molar-refractivity contribution in [3.05, 3.63) is 59.2 Å². The molecule has 0 atom stereocenters. The largest absolute Gasteiger partial charge is 0.218 e. The molecule has 0 bridgehead atoms. The Morgan fingerprint density at radius 3 is 2.32 bits per heavy atom. The molecule has 2 aromatic rings. The standard InChI is InChI=1S/C16H18O2S/c1-4-14-7-5-6-8-15(14)19(17,18)16-11-12(2)9-10-13(16)3/h5-11H,4H2,1-3H3. The Hall–Kier alpha value is -1.61. The number of hydrogen-bond donors (Lipinski definition) is 0. The van der Waals surface area contributed by atoms with Gasteiger partial charge in [-0.15, -0.1) is 0 Å². The van der Waals surface area contributed by atoms with Gasteiger partial charge in [0.1, 0.15) is 0 Å². The zero-order valence-electron chi connectivity index (χ0n) is 11.5. The maximum atomic E-state index is 12.8. The molecule has 0 amide bonds. The number of sulfone groups is 1. The molecule has 2 aromatic carbocycles. The number of rotatable bonds is 3. The van der Waals surface area contributed by atoms with Gasteiger partial charge in [-0.3, -0.25) is 0 Å². The van der Waals surface area contributed by atoms with Crippen LogP contribution in [0.2, 0.25) is 0 Å². The molecule has 0 aliphatic heterocycles. The summed E-state index contributed by atoms with van der Waals surface area (Å²) in [6.45, 7) is 5.71. The van der Waals surface area contributed by atoms with Crippen molar-refractivity contribution in [2.45, 2.75) is 37.0 Å². The molecule has 19 heavy (non-hydrogen) atoms. The molecule has 0 saturated heterocycles. The second kappa shape index (κ2) is 5.17. The van der Waals surface area contributed by atoms with Gasteiger partial charge >= 0.3 is 0 Å². The van der Waals surface area contributed by atoms with Crippen molar-refractivity contribution in [3.8, 4) is 0 Å². The summed E-state index contributed by atoms with van der Waals surface area (Å²) in [5.74, 6) is 0. The lowest BCUT2D eigenvalue weighted by atomic mass is 10.2. The van der Waals surface area contributed by atoms with Gasteiger partial charge in [-0.25, -0.2) is 8.42 Å². The summed E-state index contributed by atoms with van der Waals surface area (Å²) < 4.78 is 25.6. The molecule has 0 unspecified atom stereocenters. The van der Waals surface area contributed by atoms with Crippen LogP contribution in [0.1, 0.15) is 23.6 Å². The van der Waals surface area contributed by atoms with Gasteiger partial charge in [0, 0.05) is 0 Å². The molecule has 0 radical (unpaired) electrons. The van der Waals surface area contributed by atoms with Crippen LogP contribution in [0.25, 0.3) is 0 Å². The van der Waals surface area contributed by atoms with E-state index in [9.17, 15) is 8.42 Å².